The Balaban J connectivity index is 2.28. The van der Waals surface area contributed by atoms with Crippen LogP contribution in [0.3, 0.4) is 0 Å². The molecule has 10 heteroatoms. The number of ether oxygens (including phenoxy) is 1. The topological polar surface area (TPSA) is 88.3 Å². The predicted molar refractivity (Wildman–Crippen MR) is 99.5 cm³/mol. The van der Waals surface area contributed by atoms with E-state index in [1.807, 2.05) is 0 Å². The number of sulfonamides is 1. The fourth-order valence-corrected chi connectivity index (χ4v) is 4.37. The van der Waals surface area contributed by atoms with Gasteiger partial charge in [-0.25, -0.2) is 13.2 Å². The standard InChI is InChI=1S/C19H17F3N2O4S/c1-12-7-9-13(10-8-12)29(26,27)24-18(17(25)28-2,19(20,21)22)15-11-23-16-6-4-3-5-14(15)16/h3-11,23-24H,1-2H3. The van der Waals surface area contributed by atoms with Crippen molar-refractivity contribution in [1.29, 1.82) is 0 Å². The Morgan fingerprint density at radius 1 is 1.07 bits per heavy atom. The van der Waals surface area contributed by atoms with Crippen molar-refractivity contribution in [2.24, 2.45) is 0 Å². The van der Waals surface area contributed by atoms with Gasteiger partial charge in [0.25, 0.3) is 5.54 Å². The number of aryl methyl sites for hydroxylation is 1. The second kappa shape index (κ2) is 7.20. The number of aromatic amines is 1. The van der Waals surface area contributed by atoms with E-state index >= 15 is 0 Å². The van der Waals surface area contributed by atoms with Crippen molar-refractivity contribution in [3.05, 3.63) is 65.9 Å². The first-order chi connectivity index (χ1) is 13.5. The SMILES string of the molecule is COC(=O)C(NS(=O)(=O)c1ccc(C)cc1)(c1c[nH]c2ccccc12)C(F)(F)F. The quantitative estimate of drug-likeness (QED) is 0.613. The fraction of sp³-hybridized carbons (Fsp3) is 0.211. The maximum Gasteiger partial charge on any atom is 0.422 e. The smallest absolute Gasteiger partial charge is 0.422 e. The van der Waals surface area contributed by atoms with Crippen LogP contribution in [0.1, 0.15) is 11.1 Å². The molecule has 1 atom stereocenters. The highest BCUT2D eigenvalue weighted by Crippen LogP contribution is 2.44. The van der Waals surface area contributed by atoms with Crippen molar-refractivity contribution in [3.63, 3.8) is 0 Å². The summed E-state index contributed by atoms with van der Waals surface area (Å²) in [6.07, 6.45) is -4.39. The van der Waals surface area contributed by atoms with Gasteiger partial charge in [-0.15, -0.1) is 0 Å². The first kappa shape index (κ1) is 20.9. The fourth-order valence-electron chi connectivity index (χ4n) is 3.05. The van der Waals surface area contributed by atoms with Gasteiger partial charge in [0.1, 0.15) is 0 Å². The van der Waals surface area contributed by atoms with E-state index in [1.165, 1.54) is 30.3 Å². The largest absolute Gasteiger partial charge is 0.467 e. The van der Waals surface area contributed by atoms with Gasteiger partial charge in [0.2, 0.25) is 10.0 Å². The molecule has 0 saturated carbocycles. The molecule has 0 fully saturated rings. The number of rotatable bonds is 5. The number of benzene rings is 2. The number of carbonyl (C=O) groups excluding carboxylic acids is 1. The van der Waals surface area contributed by atoms with Gasteiger partial charge >= 0.3 is 12.1 Å². The maximum atomic E-state index is 14.4. The normalized spacial score (nSPS) is 14.5. The molecule has 2 N–H and O–H groups in total. The summed E-state index contributed by atoms with van der Waals surface area (Å²) in [4.78, 5) is 14.7. The van der Waals surface area contributed by atoms with E-state index in [0.717, 1.165) is 31.0 Å². The van der Waals surface area contributed by atoms with Crippen LogP contribution >= 0.6 is 0 Å². The summed E-state index contributed by atoms with van der Waals surface area (Å²) < 4.78 is 74.8. The third-order valence-corrected chi connectivity index (χ3v) is 6.00. The third-order valence-electron chi connectivity index (χ3n) is 4.53. The van der Waals surface area contributed by atoms with Crippen LogP contribution in [0.25, 0.3) is 10.9 Å². The molecule has 3 rings (SSSR count). The average molecular weight is 426 g/mol. The lowest BCUT2D eigenvalue weighted by Gasteiger charge is -2.33. The number of hydrogen-bond donors (Lipinski definition) is 2. The molecule has 154 valence electrons. The summed E-state index contributed by atoms with van der Waals surface area (Å²) in [6, 6.07) is 11.1. The number of methoxy groups -OCH3 is 1. The average Bonchev–Trinajstić information content (AvgIpc) is 3.09. The Hall–Kier alpha value is -2.85. The molecular weight excluding hydrogens is 409 g/mol. The number of carbonyl (C=O) groups is 1. The highest BCUT2D eigenvalue weighted by atomic mass is 32.2. The number of para-hydroxylation sites is 1. The predicted octanol–water partition coefficient (Wildman–Crippen LogP) is 3.39. The van der Waals surface area contributed by atoms with Crippen molar-refractivity contribution in [1.82, 2.24) is 9.71 Å². The van der Waals surface area contributed by atoms with Crippen molar-refractivity contribution in [2.45, 2.75) is 23.5 Å². The van der Waals surface area contributed by atoms with Gasteiger partial charge in [0.15, 0.2) is 0 Å². The zero-order valence-electron chi connectivity index (χ0n) is 15.4. The minimum Gasteiger partial charge on any atom is -0.467 e. The van der Waals surface area contributed by atoms with Crippen LogP contribution in [0.5, 0.6) is 0 Å². The van der Waals surface area contributed by atoms with Crippen molar-refractivity contribution in [2.75, 3.05) is 7.11 Å². The Morgan fingerprint density at radius 2 is 1.69 bits per heavy atom. The zero-order valence-corrected chi connectivity index (χ0v) is 16.2. The molecule has 29 heavy (non-hydrogen) atoms. The molecule has 0 aliphatic rings. The number of esters is 1. The summed E-state index contributed by atoms with van der Waals surface area (Å²) >= 11 is 0. The minimum absolute atomic E-state index is 0.0295. The van der Waals surface area contributed by atoms with E-state index in [9.17, 15) is 26.4 Å². The zero-order chi connectivity index (χ0) is 21.4. The first-order valence-electron chi connectivity index (χ1n) is 8.35. The molecule has 0 radical (unpaired) electrons. The molecule has 1 unspecified atom stereocenters. The van der Waals surface area contributed by atoms with Crippen LogP contribution in [0.4, 0.5) is 13.2 Å². The summed E-state index contributed by atoms with van der Waals surface area (Å²) in [5.74, 6) is -1.80. The van der Waals surface area contributed by atoms with E-state index in [0.29, 0.717) is 5.52 Å². The Morgan fingerprint density at radius 3 is 2.28 bits per heavy atom. The monoisotopic (exact) mass is 426 g/mol. The molecule has 1 heterocycles. The van der Waals surface area contributed by atoms with Gasteiger partial charge in [0, 0.05) is 22.7 Å². The number of halogens is 3. The lowest BCUT2D eigenvalue weighted by Crippen LogP contribution is -2.61. The number of aromatic nitrogens is 1. The number of alkyl halides is 3. The number of H-pyrrole nitrogens is 1. The molecule has 1 aromatic heterocycles. The van der Waals surface area contributed by atoms with Gasteiger partial charge in [-0.1, -0.05) is 35.9 Å². The van der Waals surface area contributed by atoms with Crippen LogP contribution in [0, 0.1) is 6.92 Å². The number of nitrogens with one attached hydrogen (secondary N) is 2. The Kier molecular flexibility index (Phi) is 5.18. The van der Waals surface area contributed by atoms with E-state index in [-0.39, 0.29) is 5.39 Å². The van der Waals surface area contributed by atoms with E-state index in [1.54, 1.807) is 17.7 Å². The highest BCUT2D eigenvalue weighted by molar-refractivity contribution is 7.89. The highest BCUT2D eigenvalue weighted by Gasteiger charge is 2.65. The molecule has 0 amide bonds. The summed E-state index contributed by atoms with van der Waals surface area (Å²) in [5, 5.41) is 0.0295. The molecule has 0 spiro atoms. The van der Waals surface area contributed by atoms with Crippen molar-refractivity contribution >= 4 is 26.9 Å². The summed E-state index contributed by atoms with van der Waals surface area (Å²) in [5.41, 5.74) is -3.24. The van der Waals surface area contributed by atoms with Crippen molar-refractivity contribution in [3.8, 4) is 0 Å². The molecule has 6 nitrogen and oxygen atoms in total. The molecule has 0 aliphatic carbocycles. The number of fused-ring (bicyclic) bond motifs is 1. The van der Waals surface area contributed by atoms with Gasteiger partial charge in [-0.3, -0.25) is 0 Å². The molecule has 0 aliphatic heterocycles. The lowest BCUT2D eigenvalue weighted by atomic mass is 9.90. The van der Waals surface area contributed by atoms with Crippen LogP contribution < -0.4 is 4.72 Å². The van der Waals surface area contributed by atoms with Gasteiger partial charge in [0.05, 0.1) is 12.0 Å². The van der Waals surface area contributed by atoms with Crippen molar-refractivity contribution < 1.29 is 31.1 Å². The molecule has 3 aromatic rings. The van der Waals surface area contributed by atoms with Gasteiger partial charge in [-0.05, 0) is 25.1 Å². The molecular formula is C19H17F3N2O4S. The lowest BCUT2D eigenvalue weighted by molar-refractivity contribution is -0.210. The second-order valence-electron chi connectivity index (χ2n) is 6.41. The number of hydrogen-bond acceptors (Lipinski definition) is 4. The van der Waals surface area contributed by atoms with Crippen LogP contribution in [-0.2, 0) is 25.1 Å². The van der Waals surface area contributed by atoms with Crippen LogP contribution in [0.15, 0.2) is 59.6 Å². The Bertz CT molecular complexity index is 1150. The van der Waals surface area contributed by atoms with E-state index in [4.69, 9.17) is 0 Å². The van der Waals surface area contributed by atoms with Crippen LogP contribution in [-0.4, -0.2) is 32.7 Å². The van der Waals surface area contributed by atoms with E-state index < -0.39 is 38.2 Å². The van der Waals surface area contributed by atoms with E-state index in [2.05, 4.69) is 9.72 Å². The maximum absolute atomic E-state index is 14.4. The third kappa shape index (κ3) is 3.49. The van der Waals surface area contributed by atoms with Gasteiger partial charge < -0.3 is 9.72 Å². The molecule has 0 bridgehead atoms. The summed E-state index contributed by atoms with van der Waals surface area (Å²) in [7, 11) is -3.99. The Labute approximate surface area is 164 Å². The van der Waals surface area contributed by atoms with Gasteiger partial charge in [-0.2, -0.15) is 17.9 Å². The first-order valence-corrected chi connectivity index (χ1v) is 9.83. The summed E-state index contributed by atoms with van der Waals surface area (Å²) in [6.45, 7) is 1.70. The molecule has 0 saturated heterocycles. The van der Waals surface area contributed by atoms with Crippen LogP contribution in [0.2, 0.25) is 0 Å². The minimum atomic E-state index is -5.34. The molecule has 2 aromatic carbocycles. The second-order valence-corrected chi connectivity index (χ2v) is 8.09.